The van der Waals surface area contributed by atoms with Gasteiger partial charge in [0.05, 0.1) is 15.5 Å². The minimum atomic E-state index is -3.24. The van der Waals surface area contributed by atoms with Gasteiger partial charge in [-0.2, -0.15) is 0 Å². The van der Waals surface area contributed by atoms with Crippen LogP contribution in [-0.2, 0) is 9.84 Å². The summed E-state index contributed by atoms with van der Waals surface area (Å²) in [5, 5.41) is 0.297. The third-order valence-corrected chi connectivity index (χ3v) is 4.07. The molecule has 0 N–H and O–H groups in total. The Morgan fingerprint density at radius 1 is 1.10 bits per heavy atom. The van der Waals surface area contributed by atoms with E-state index in [1.165, 1.54) is 24.3 Å². The molecule has 104 valence electrons. The maximum absolute atomic E-state index is 11.3. The number of sulfone groups is 1. The molecular weight excluding hydrogens is 300 g/mol. The normalized spacial score (nSPS) is 11.1. The maximum atomic E-state index is 11.3. The van der Waals surface area contributed by atoms with Crippen molar-refractivity contribution < 1.29 is 17.9 Å². The van der Waals surface area contributed by atoms with Gasteiger partial charge in [0.2, 0.25) is 0 Å². The molecule has 0 aliphatic rings. The second kappa shape index (κ2) is 5.64. The molecule has 0 fully saturated rings. The summed E-state index contributed by atoms with van der Waals surface area (Å²) in [5.74, 6) is 0.738. The lowest BCUT2D eigenvalue weighted by molar-refractivity contribution is 0.112. The van der Waals surface area contributed by atoms with Crippen molar-refractivity contribution in [1.29, 1.82) is 0 Å². The predicted molar refractivity (Wildman–Crippen MR) is 76.5 cm³/mol. The van der Waals surface area contributed by atoms with Crippen molar-refractivity contribution in [3.63, 3.8) is 0 Å². The Kier molecular flexibility index (Phi) is 4.11. The average Bonchev–Trinajstić information content (AvgIpc) is 2.38. The topological polar surface area (TPSA) is 60.4 Å². The standard InChI is InChI=1S/C14H11ClO4S/c1-20(17,18)11-7-5-10(6-8-11)19-14-4-2-3-13(15)12(14)9-16/h2-9H,1H3. The highest BCUT2D eigenvalue weighted by atomic mass is 35.5. The zero-order valence-corrected chi connectivity index (χ0v) is 12.1. The van der Waals surface area contributed by atoms with Gasteiger partial charge in [-0.3, -0.25) is 4.79 Å². The predicted octanol–water partition coefficient (Wildman–Crippen LogP) is 3.35. The molecule has 2 aromatic rings. The quantitative estimate of drug-likeness (QED) is 0.813. The van der Waals surface area contributed by atoms with Gasteiger partial charge in [0.25, 0.3) is 0 Å². The summed E-state index contributed by atoms with van der Waals surface area (Å²) < 4.78 is 28.2. The molecule has 0 bridgehead atoms. The number of hydrogen-bond acceptors (Lipinski definition) is 4. The van der Waals surface area contributed by atoms with E-state index in [1.807, 2.05) is 0 Å². The highest BCUT2D eigenvalue weighted by molar-refractivity contribution is 7.90. The molecule has 0 unspecified atom stereocenters. The smallest absolute Gasteiger partial charge is 0.175 e. The van der Waals surface area contributed by atoms with Crippen molar-refractivity contribution in [3.05, 3.63) is 53.1 Å². The van der Waals surface area contributed by atoms with E-state index in [2.05, 4.69) is 0 Å². The van der Waals surface area contributed by atoms with Crippen LogP contribution >= 0.6 is 11.6 Å². The van der Waals surface area contributed by atoms with Crippen LogP contribution in [0.2, 0.25) is 5.02 Å². The van der Waals surface area contributed by atoms with Gasteiger partial charge in [-0.25, -0.2) is 8.42 Å². The van der Waals surface area contributed by atoms with Crippen LogP contribution in [0.4, 0.5) is 0 Å². The minimum absolute atomic E-state index is 0.201. The molecule has 0 aliphatic heterocycles. The summed E-state index contributed by atoms with van der Waals surface area (Å²) in [6.07, 6.45) is 1.74. The van der Waals surface area contributed by atoms with E-state index in [1.54, 1.807) is 18.2 Å². The average molecular weight is 311 g/mol. The second-order valence-corrected chi connectivity index (χ2v) is 6.54. The molecule has 0 atom stereocenters. The first kappa shape index (κ1) is 14.6. The maximum Gasteiger partial charge on any atom is 0.175 e. The summed E-state index contributed by atoms with van der Waals surface area (Å²) in [5.41, 5.74) is 0.251. The second-order valence-electron chi connectivity index (χ2n) is 4.12. The lowest BCUT2D eigenvalue weighted by Gasteiger charge is -2.09. The molecule has 4 nitrogen and oxygen atoms in total. The van der Waals surface area contributed by atoms with E-state index in [0.29, 0.717) is 22.8 Å². The van der Waals surface area contributed by atoms with Crippen LogP contribution in [0.5, 0.6) is 11.5 Å². The van der Waals surface area contributed by atoms with Gasteiger partial charge in [0.1, 0.15) is 11.5 Å². The summed E-state index contributed by atoms with van der Waals surface area (Å²) in [7, 11) is -3.24. The molecule has 0 saturated carbocycles. The number of carbonyl (C=O) groups excluding carboxylic acids is 1. The van der Waals surface area contributed by atoms with Crippen molar-refractivity contribution in [1.82, 2.24) is 0 Å². The van der Waals surface area contributed by atoms with Crippen molar-refractivity contribution in [2.75, 3.05) is 6.26 Å². The number of halogens is 1. The molecule has 0 heterocycles. The van der Waals surface area contributed by atoms with E-state index >= 15 is 0 Å². The third kappa shape index (κ3) is 3.18. The number of carbonyl (C=O) groups is 1. The number of ether oxygens (including phenoxy) is 1. The molecule has 0 saturated heterocycles. The van der Waals surface area contributed by atoms with Crippen LogP contribution < -0.4 is 4.74 Å². The summed E-state index contributed by atoms with van der Waals surface area (Å²) in [6.45, 7) is 0. The molecule has 0 spiro atoms. The molecule has 2 aromatic carbocycles. The van der Waals surface area contributed by atoms with Crippen LogP contribution in [0, 0.1) is 0 Å². The van der Waals surface area contributed by atoms with Crippen LogP contribution in [0.3, 0.4) is 0 Å². The van der Waals surface area contributed by atoms with Gasteiger partial charge in [-0.1, -0.05) is 17.7 Å². The number of rotatable bonds is 4. The lowest BCUT2D eigenvalue weighted by atomic mass is 10.2. The zero-order valence-electron chi connectivity index (χ0n) is 10.5. The van der Waals surface area contributed by atoms with Crippen LogP contribution in [0.15, 0.2) is 47.4 Å². The lowest BCUT2D eigenvalue weighted by Crippen LogP contribution is -1.97. The van der Waals surface area contributed by atoms with E-state index < -0.39 is 9.84 Å². The molecule has 0 aromatic heterocycles. The molecule has 0 aliphatic carbocycles. The molecule has 2 rings (SSSR count). The largest absolute Gasteiger partial charge is 0.457 e. The Morgan fingerprint density at radius 3 is 2.30 bits per heavy atom. The van der Waals surface area contributed by atoms with E-state index in [-0.39, 0.29) is 10.5 Å². The number of hydrogen-bond donors (Lipinski definition) is 0. The Morgan fingerprint density at radius 2 is 1.75 bits per heavy atom. The Balaban J connectivity index is 2.32. The Hall–Kier alpha value is -1.85. The molecule has 20 heavy (non-hydrogen) atoms. The summed E-state index contributed by atoms with van der Waals surface area (Å²) in [6, 6.07) is 10.8. The van der Waals surface area contributed by atoms with E-state index in [9.17, 15) is 13.2 Å². The van der Waals surface area contributed by atoms with Gasteiger partial charge in [-0.05, 0) is 36.4 Å². The summed E-state index contributed by atoms with van der Waals surface area (Å²) >= 11 is 5.89. The van der Waals surface area contributed by atoms with Gasteiger partial charge in [0.15, 0.2) is 16.1 Å². The van der Waals surface area contributed by atoms with Crippen molar-refractivity contribution in [3.8, 4) is 11.5 Å². The summed E-state index contributed by atoms with van der Waals surface area (Å²) in [4.78, 5) is 11.2. The van der Waals surface area contributed by atoms with Crippen LogP contribution in [0.1, 0.15) is 10.4 Å². The first-order chi connectivity index (χ1) is 9.41. The van der Waals surface area contributed by atoms with Gasteiger partial charge < -0.3 is 4.74 Å². The highest BCUT2D eigenvalue weighted by Gasteiger charge is 2.10. The minimum Gasteiger partial charge on any atom is -0.457 e. The Bertz CT molecular complexity index is 736. The van der Waals surface area contributed by atoms with Gasteiger partial charge >= 0.3 is 0 Å². The van der Waals surface area contributed by atoms with E-state index in [4.69, 9.17) is 16.3 Å². The third-order valence-electron chi connectivity index (χ3n) is 2.61. The molecule has 6 heteroatoms. The van der Waals surface area contributed by atoms with Crippen LogP contribution in [0.25, 0.3) is 0 Å². The SMILES string of the molecule is CS(=O)(=O)c1ccc(Oc2cccc(Cl)c2C=O)cc1. The number of benzene rings is 2. The fraction of sp³-hybridized carbons (Fsp3) is 0.0714. The molecule has 0 radical (unpaired) electrons. The fourth-order valence-electron chi connectivity index (χ4n) is 1.60. The fourth-order valence-corrected chi connectivity index (χ4v) is 2.44. The first-order valence-electron chi connectivity index (χ1n) is 5.63. The first-order valence-corrected chi connectivity index (χ1v) is 7.90. The van der Waals surface area contributed by atoms with Crippen LogP contribution in [-0.4, -0.2) is 21.0 Å². The number of aldehydes is 1. The monoisotopic (exact) mass is 310 g/mol. The van der Waals surface area contributed by atoms with Crippen molar-refractivity contribution in [2.45, 2.75) is 4.90 Å². The Labute approximate surface area is 121 Å². The molecule has 0 amide bonds. The highest BCUT2D eigenvalue weighted by Crippen LogP contribution is 2.29. The van der Waals surface area contributed by atoms with Gasteiger partial charge in [0, 0.05) is 6.26 Å². The molecular formula is C14H11ClO4S. The van der Waals surface area contributed by atoms with Gasteiger partial charge in [-0.15, -0.1) is 0 Å². The van der Waals surface area contributed by atoms with Crippen molar-refractivity contribution in [2.24, 2.45) is 0 Å². The van der Waals surface area contributed by atoms with E-state index in [0.717, 1.165) is 6.26 Å². The zero-order chi connectivity index (χ0) is 14.8. The van der Waals surface area contributed by atoms with Crippen molar-refractivity contribution >= 4 is 27.7 Å².